The van der Waals surface area contributed by atoms with Crippen LogP contribution in [0.2, 0.25) is 0 Å². The number of ketones is 1. The Balaban J connectivity index is 2.02. The Morgan fingerprint density at radius 1 is 1.40 bits per heavy atom. The highest BCUT2D eigenvalue weighted by atomic mass is 32.1. The number of hydrogen-bond acceptors (Lipinski definition) is 5. The summed E-state index contributed by atoms with van der Waals surface area (Å²) in [5, 5.41) is 0.965. The van der Waals surface area contributed by atoms with E-state index in [-0.39, 0.29) is 0 Å². The molecule has 4 nitrogen and oxygen atoms in total. The molecule has 0 saturated heterocycles. The van der Waals surface area contributed by atoms with Gasteiger partial charge in [0.2, 0.25) is 5.13 Å². The molecule has 82 valence electrons. The molecular formula is C10H15N3OS. The number of carbonyl (C=O) groups is 1. The zero-order valence-electron chi connectivity index (χ0n) is 9.06. The van der Waals surface area contributed by atoms with E-state index >= 15 is 0 Å². The first-order chi connectivity index (χ1) is 7.16. The first-order valence-electron chi connectivity index (χ1n) is 5.21. The molecule has 15 heavy (non-hydrogen) atoms. The molecule has 0 atom stereocenters. The van der Waals surface area contributed by atoms with Gasteiger partial charge in [-0.25, -0.2) is 4.98 Å². The van der Waals surface area contributed by atoms with Crippen LogP contribution in [0.1, 0.15) is 31.5 Å². The van der Waals surface area contributed by atoms with Crippen molar-refractivity contribution < 1.29 is 4.79 Å². The minimum Gasteiger partial charge on any atom is -0.347 e. The summed E-state index contributed by atoms with van der Waals surface area (Å²) in [4.78, 5) is 17.6. The third-order valence-corrected chi connectivity index (χ3v) is 3.78. The molecule has 0 aromatic carbocycles. The third-order valence-electron chi connectivity index (χ3n) is 2.88. The normalized spacial score (nSPS) is 18.1. The van der Waals surface area contributed by atoms with Gasteiger partial charge in [-0.05, 0) is 19.8 Å². The van der Waals surface area contributed by atoms with Crippen LogP contribution in [-0.2, 0) is 4.79 Å². The quantitative estimate of drug-likeness (QED) is 0.770. The lowest BCUT2D eigenvalue weighted by atomic mass is 9.94. The molecule has 0 unspecified atom stereocenters. The van der Waals surface area contributed by atoms with Crippen LogP contribution in [0, 0.1) is 6.92 Å². The number of carbonyl (C=O) groups excluding carboxylic acids is 1. The van der Waals surface area contributed by atoms with Crippen molar-refractivity contribution in [2.75, 3.05) is 11.9 Å². The van der Waals surface area contributed by atoms with E-state index in [1.807, 2.05) is 14.0 Å². The lowest BCUT2D eigenvalue weighted by Gasteiger charge is -2.29. The SMILES string of the molecule is Cc1nsc(N(C)C2CCC(=O)CC2)n1. The van der Waals surface area contributed by atoms with Gasteiger partial charge in [0.05, 0.1) is 0 Å². The smallest absolute Gasteiger partial charge is 0.205 e. The van der Waals surface area contributed by atoms with E-state index in [1.54, 1.807) is 0 Å². The predicted molar refractivity (Wildman–Crippen MR) is 60.3 cm³/mol. The number of nitrogens with zero attached hydrogens (tertiary/aromatic N) is 3. The number of Topliss-reactive ketones (excluding diaryl/α,β-unsaturated/α-hetero) is 1. The van der Waals surface area contributed by atoms with E-state index in [0.29, 0.717) is 24.7 Å². The van der Waals surface area contributed by atoms with Crippen LogP contribution in [-0.4, -0.2) is 28.2 Å². The number of aryl methyl sites for hydroxylation is 1. The Morgan fingerprint density at radius 3 is 2.60 bits per heavy atom. The molecule has 1 aromatic rings. The molecule has 0 spiro atoms. The lowest BCUT2D eigenvalue weighted by molar-refractivity contribution is -0.120. The number of anilines is 1. The summed E-state index contributed by atoms with van der Waals surface area (Å²) in [5.74, 6) is 1.22. The van der Waals surface area contributed by atoms with Crippen LogP contribution in [0.4, 0.5) is 5.13 Å². The Kier molecular flexibility index (Phi) is 3.00. The predicted octanol–water partition coefficient (Wildman–Crippen LogP) is 1.79. The molecule has 2 rings (SSSR count). The van der Waals surface area contributed by atoms with Gasteiger partial charge in [-0.2, -0.15) is 4.37 Å². The molecule has 0 bridgehead atoms. The Morgan fingerprint density at radius 2 is 2.07 bits per heavy atom. The van der Waals surface area contributed by atoms with Crippen LogP contribution in [0.15, 0.2) is 0 Å². The van der Waals surface area contributed by atoms with E-state index < -0.39 is 0 Å². The molecule has 0 amide bonds. The first kappa shape index (κ1) is 10.5. The monoisotopic (exact) mass is 225 g/mol. The molecule has 5 heteroatoms. The van der Waals surface area contributed by atoms with Crippen molar-refractivity contribution in [3.8, 4) is 0 Å². The fourth-order valence-electron chi connectivity index (χ4n) is 1.90. The molecule has 0 radical (unpaired) electrons. The van der Waals surface area contributed by atoms with Gasteiger partial charge in [0, 0.05) is 37.5 Å². The zero-order chi connectivity index (χ0) is 10.8. The van der Waals surface area contributed by atoms with Gasteiger partial charge >= 0.3 is 0 Å². The summed E-state index contributed by atoms with van der Waals surface area (Å²) < 4.78 is 4.17. The fraction of sp³-hybridized carbons (Fsp3) is 0.700. The van der Waals surface area contributed by atoms with Crippen LogP contribution in [0.25, 0.3) is 0 Å². The van der Waals surface area contributed by atoms with Crippen molar-refractivity contribution >= 4 is 22.4 Å². The van der Waals surface area contributed by atoms with Crippen molar-refractivity contribution in [2.45, 2.75) is 38.6 Å². The second-order valence-corrected chi connectivity index (χ2v) is 4.74. The highest BCUT2D eigenvalue weighted by Crippen LogP contribution is 2.25. The van der Waals surface area contributed by atoms with Gasteiger partial charge in [-0.1, -0.05) is 0 Å². The summed E-state index contributed by atoms with van der Waals surface area (Å²) in [5.41, 5.74) is 0. The maximum Gasteiger partial charge on any atom is 0.205 e. The van der Waals surface area contributed by atoms with Crippen molar-refractivity contribution in [1.82, 2.24) is 9.36 Å². The lowest BCUT2D eigenvalue weighted by Crippen LogP contribution is -2.35. The van der Waals surface area contributed by atoms with E-state index in [1.165, 1.54) is 11.5 Å². The van der Waals surface area contributed by atoms with Crippen molar-refractivity contribution in [3.63, 3.8) is 0 Å². The molecule has 1 aliphatic rings. The van der Waals surface area contributed by atoms with E-state index in [9.17, 15) is 4.79 Å². The van der Waals surface area contributed by atoms with E-state index in [2.05, 4.69) is 14.3 Å². The van der Waals surface area contributed by atoms with Gasteiger partial charge in [0.1, 0.15) is 11.6 Å². The molecule has 1 fully saturated rings. The second-order valence-electron chi connectivity index (χ2n) is 4.00. The van der Waals surface area contributed by atoms with Crippen LogP contribution in [0.5, 0.6) is 0 Å². The number of hydrogen-bond donors (Lipinski definition) is 0. The van der Waals surface area contributed by atoms with Gasteiger partial charge in [-0.15, -0.1) is 0 Å². The largest absolute Gasteiger partial charge is 0.347 e. The summed E-state index contributed by atoms with van der Waals surface area (Å²) in [6.07, 6.45) is 3.33. The van der Waals surface area contributed by atoms with Crippen molar-refractivity contribution in [2.24, 2.45) is 0 Å². The number of rotatable bonds is 2. The van der Waals surface area contributed by atoms with E-state index in [4.69, 9.17) is 0 Å². The number of aromatic nitrogens is 2. The van der Waals surface area contributed by atoms with Gasteiger partial charge < -0.3 is 4.90 Å². The summed E-state index contributed by atoms with van der Waals surface area (Å²) in [6, 6.07) is 0.454. The Bertz CT molecular complexity index is 353. The molecule has 0 aliphatic heterocycles. The third kappa shape index (κ3) is 2.34. The molecule has 0 N–H and O–H groups in total. The maximum atomic E-state index is 11.1. The zero-order valence-corrected chi connectivity index (χ0v) is 9.88. The standard InChI is InChI=1S/C10H15N3OS/c1-7-11-10(15-12-7)13(2)8-3-5-9(14)6-4-8/h8H,3-6H2,1-2H3. The fourth-order valence-corrected chi connectivity index (χ4v) is 2.60. The van der Waals surface area contributed by atoms with Gasteiger partial charge in [-0.3, -0.25) is 4.79 Å². The molecule has 1 heterocycles. The molecule has 1 aliphatic carbocycles. The van der Waals surface area contributed by atoms with Crippen molar-refractivity contribution in [3.05, 3.63) is 5.82 Å². The summed E-state index contributed by atoms with van der Waals surface area (Å²) >= 11 is 1.43. The highest BCUT2D eigenvalue weighted by molar-refractivity contribution is 7.09. The molecular weight excluding hydrogens is 210 g/mol. The summed E-state index contributed by atoms with van der Waals surface area (Å²) in [7, 11) is 2.04. The summed E-state index contributed by atoms with van der Waals surface area (Å²) in [6.45, 7) is 1.90. The van der Waals surface area contributed by atoms with Gasteiger partial charge in [0.15, 0.2) is 0 Å². The minimum atomic E-state index is 0.396. The highest BCUT2D eigenvalue weighted by Gasteiger charge is 2.23. The van der Waals surface area contributed by atoms with Crippen LogP contribution < -0.4 is 4.90 Å². The topological polar surface area (TPSA) is 46.1 Å². The van der Waals surface area contributed by atoms with Crippen LogP contribution in [0.3, 0.4) is 0 Å². The van der Waals surface area contributed by atoms with E-state index in [0.717, 1.165) is 23.8 Å². The maximum absolute atomic E-state index is 11.1. The van der Waals surface area contributed by atoms with Crippen LogP contribution >= 0.6 is 11.5 Å². The average Bonchev–Trinajstić information content (AvgIpc) is 2.65. The second kappa shape index (κ2) is 4.26. The van der Waals surface area contributed by atoms with Crippen molar-refractivity contribution in [1.29, 1.82) is 0 Å². The molecule has 1 aromatic heterocycles. The first-order valence-corrected chi connectivity index (χ1v) is 5.99. The minimum absolute atomic E-state index is 0.396. The van der Waals surface area contributed by atoms with Gasteiger partial charge in [0.25, 0.3) is 0 Å². The average molecular weight is 225 g/mol. The Hall–Kier alpha value is -0.970. The molecule has 1 saturated carbocycles. The Labute approximate surface area is 93.5 Å².